The number of H-pyrrole nitrogens is 1. The second kappa shape index (κ2) is 7.03. The molecular formula is C26H22FN5O2. The largest absolute Gasteiger partial charge is 0.474 e. The highest BCUT2D eigenvalue weighted by Gasteiger charge is 2.48. The number of halogens is 1. The molecule has 1 amide bonds. The molecular weight excluding hydrogens is 433 g/mol. The average molecular weight is 455 g/mol. The molecule has 2 atom stereocenters. The van der Waals surface area contributed by atoms with Crippen molar-refractivity contribution in [1.29, 1.82) is 0 Å². The van der Waals surface area contributed by atoms with Crippen molar-refractivity contribution >= 4 is 28.3 Å². The lowest BCUT2D eigenvalue weighted by Crippen LogP contribution is -2.31. The van der Waals surface area contributed by atoms with Gasteiger partial charge in [-0.15, -0.1) is 0 Å². The van der Waals surface area contributed by atoms with E-state index in [0.29, 0.717) is 33.9 Å². The molecule has 4 aromatic rings. The molecule has 170 valence electrons. The van der Waals surface area contributed by atoms with Crippen molar-refractivity contribution < 1.29 is 13.9 Å². The standard InChI is InChI=1S/C26H22FN5O2/c1-12-16(27)3-2-4-17(12)29-25-21-23(15-11-19(15)30-26(21)33)32-24(25)14-9-10-28-18-7-8-20(31-22(14)18)34-13-5-6-13/h2-4,7-10,13,15,19,29,32H,5-6,11H2,1H3,(H,30,33). The molecule has 8 heteroatoms. The summed E-state index contributed by atoms with van der Waals surface area (Å²) in [6, 6.07) is 10.7. The molecule has 0 radical (unpaired) electrons. The minimum Gasteiger partial charge on any atom is -0.474 e. The molecule has 0 saturated heterocycles. The average Bonchev–Trinajstić information content (AvgIpc) is 3.76. The third-order valence-electron chi connectivity index (χ3n) is 6.90. The summed E-state index contributed by atoms with van der Waals surface area (Å²) >= 11 is 0. The number of carbonyl (C=O) groups excluding carboxylic acids is 1. The zero-order valence-corrected chi connectivity index (χ0v) is 18.5. The lowest BCUT2D eigenvalue weighted by Gasteiger charge is -2.16. The normalized spacial score (nSPS) is 20.5. The Kier molecular flexibility index (Phi) is 4.04. The molecule has 2 saturated carbocycles. The maximum atomic E-state index is 14.3. The van der Waals surface area contributed by atoms with E-state index in [0.717, 1.165) is 41.7 Å². The van der Waals surface area contributed by atoms with Gasteiger partial charge < -0.3 is 20.4 Å². The van der Waals surface area contributed by atoms with Crippen molar-refractivity contribution in [2.75, 3.05) is 5.32 Å². The molecule has 2 aliphatic carbocycles. The molecule has 4 heterocycles. The van der Waals surface area contributed by atoms with E-state index in [1.54, 1.807) is 19.2 Å². The highest BCUT2D eigenvalue weighted by atomic mass is 19.1. The van der Waals surface area contributed by atoms with Crippen molar-refractivity contribution in [2.24, 2.45) is 0 Å². The zero-order chi connectivity index (χ0) is 23.0. The van der Waals surface area contributed by atoms with Gasteiger partial charge >= 0.3 is 0 Å². The number of amides is 1. The van der Waals surface area contributed by atoms with Crippen LogP contribution in [0.5, 0.6) is 5.88 Å². The number of ether oxygens (including phenoxy) is 1. The third-order valence-corrected chi connectivity index (χ3v) is 6.90. The summed E-state index contributed by atoms with van der Waals surface area (Å²) in [6.07, 6.45) is 4.96. The number of aromatic amines is 1. The zero-order valence-electron chi connectivity index (χ0n) is 18.5. The van der Waals surface area contributed by atoms with Gasteiger partial charge in [-0.2, -0.15) is 0 Å². The summed E-state index contributed by atoms with van der Waals surface area (Å²) < 4.78 is 20.2. The Morgan fingerprint density at radius 3 is 2.91 bits per heavy atom. The van der Waals surface area contributed by atoms with E-state index in [9.17, 15) is 9.18 Å². The number of pyridine rings is 2. The lowest BCUT2D eigenvalue weighted by atomic mass is 10.0. The van der Waals surface area contributed by atoms with Gasteiger partial charge in [-0.25, -0.2) is 9.37 Å². The number of benzene rings is 1. The lowest BCUT2D eigenvalue weighted by molar-refractivity contribution is 0.0944. The van der Waals surface area contributed by atoms with Gasteiger partial charge in [-0.3, -0.25) is 9.78 Å². The smallest absolute Gasteiger partial charge is 0.255 e. The predicted octanol–water partition coefficient (Wildman–Crippen LogP) is 4.96. The van der Waals surface area contributed by atoms with Crippen LogP contribution in [0.3, 0.4) is 0 Å². The summed E-state index contributed by atoms with van der Waals surface area (Å²) in [7, 11) is 0. The Morgan fingerprint density at radius 2 is 2.06 bits per heavy atom. The van der Waals surface area contributed by atoms with Crippen LogP contribution >= 0.6 is 0 Å². The number of nitrogens with one attached hydrogen (secondary N) is 3. The van der Waals surface area contributed by atoms with Crippen molar-refractivity contribution in [2.45, 2.75) is 44.2 Å². The van der Waals surface area contributed by atoms with Gasteiger partial charge in [-0.1, -0.05) is 6.07 Å². The number of rotatable bonds is 5. The molecule has 0 spiro atoms. The van der Waals surface area contributed by atoms with Crippen molar-refractivity contribution in [1.82, 2.24) is 20.3 Å². The van der Waals surface area contributed by atoms with Gasteiger partial charge in [0.2, 0.25) is 5.88 Å². The first-order valence-corrected chi connectivity index (χ1v) is 11.6. The minimum atomic E-state index is -0.305. The first-order chi connectivity index (χ1) is 16.6. The number of carbonyl (C=O) groups is 1. The molecule has 3 aromatic heterocycles. The van der Waals surface area contributed by atoms with E-state index >= 15 is 0 Å². The van der Waals surface area contributed by atoms with E-state index in [-0.39, 0.29) is 29.8 Å². The number of aromatic nitrogens is 3. The van der Waals surface area contributed by atoms with Crippen LogP contribution in [0, 0.1) is 12.7 Å². The highest BCUT2D eigenvalue weighted by Crippen LogP contribution is 2.50. The quantitative estimate of drug-likeness (QED) is 0.396. The Labute approximate surface area is 194 Å². The van der Waals surface area contributed by atoms with Crippen LogP contribution in [0.1, 0.15) is 46.8 Å². The fourth-order valence-electron chi connectivity index (χ4n) is 4.78. The summed E-state index contributed by atoms with van der Waals surface area (Å²) in [5.41, 5.74) is 6.17. The van der Waals surface area contributed by atoms with E-state index in [1.807, 2.05) is 24.3 Å². The molecule has 7 rings (SSSR count). The Hall–Kier alpha value is -3.94. The molecule has 7 nitrogen and oxygen atoms in total. The number of fused-ring (bicyclic) bond motifs is 4. The second-order valence-electron chi connectivity index (χ2n) is 9.32. The van der Waals surface area contributed by atoms with E-state index in [4.69, 9.17) is 9.72 Å². The third kappa shape index (κ3) is 3.05. The summed E-state index contributed by atoms with van der Waals surface area (Å²) in [5.74, 6) is 0.388. The molecule has 1 aromatic carbocycles. The van der Waals surface area contributed by atoms with Gasteiger partial charge in [0, 0.05) is 46.7 Å². The predicted molar refractivity (Wildman–Crippen MR) is 126 cm³/mol. The second-order valence-corrected chi connectivity index (χ2v) is 9.32. The van der Waals surface area contributed by atoms with E-state index in [1.165, 1.54) is 6.07 Å². The van der Waals surface area contributed by atoms with E-state index in [2.05, 4.69) is 20.6 Å². The Morgan fingerprint density at radius 1 is 1.18 bits per heavy atom. The van der Waals surface area contributed by atoms with Crippen molar-refractivity contribution in [3.05, 3.63) is 65.2 Å². The van der Waals surface area contributed by atoms with Crippen LogP contribution < -0.4 is 15.4 Å². The molecule has 3 N–H and O–H groups in total. The van der Waals surface area contributed by atoms with Crippen LogP contribution in [0.2, 0.25) is 0 Å². The minimum absolute atomic E-state index is 0.128. The summed E-state index contributed by atoms with van der Waals surface area (Å²) in [6.45, 7) is 1.72. The maximum Gasteiger partial charge on any atom is 0.255 e. The number of nitrogens with zero attached hydrogens (tertiary/aromatic N) is 2. The fraction of sp³-hybridized carbons (Fsp3) is 0.269. The first kappa shape index (κ1) is 19.5. The Balaban J connectivity index is 1.43. The van der Waals surface area contributed by atoms with Crippen LogP contribution in [0.15, 0.2) is 42.6 Å². The van der Waals surface area contributed by atoms with Gasteiger partial charge in [0.1, 0.15) is 17.4 Å². The number of anilines is 2. The molecule has 0 bridgehead atoms. The van der Waals surface area contributed by atoms with Gasteiger partial charge in [0.25, 0.3) is 5.91 Å². The number of hydrogen-bond acceptors (Lipinski definition) is 5. The van der Waals surface area contributed by atoms with Crippen molar-refractivity contribution in [3.8, 4) is 17.1 Å². The molecule has 2 fully saturated rings. The molecule has 2 unspecified atom stereocenters. The molecule has 3 aliphatic rings. The van der Waals surface area contributed by atoms with Gasteiger partial charge in [0.05, 0.1) is 22.5 Å². The monoisotopic (exact) mass is 455 g/mol. The topological polar surface area (TPSA) is 91.9 Å². The van der Waals surface area contributed by atoms with E-state index < -0.39 is 0 Å². The first-order valence-electron chi connectivity index (χ1n) is 11.6. The Bertz CT molecular complexity index is 1490. The highest BCUT2D eigenvalue weighted by molar-refractivity contribution is 6.09. The SMILES string of the molecule is Cc1c(F)cccc1Nc1c(-c2ccnc3ccc(OC4CC4)nc23)[nH]c2c1C(=O)NC1CC21. The van der Waals surface area contributed by atoms with Crippen molar-refractivity contribution in [3.63, 3.8) is 0 Å². The van der Waals surface area contributed by atoms with Crippen LogP contribution in [-0.4, -0.2) is 33.0 Å². The van der Waals surface area contributed by atoms with Gasteiger partial charge in [-0.05, 0) is 50.5 Å². The van der Waals surface area contributed by atoms with Crippen LogP contribution in [0.25, 0.3) is 22.3 Å². The number of hydrogen-bond donors (Lipinski definition) is 3. The maximum absolute atomic E-state index is 14.3. The molecule has 1 aliphatic heterocycles. The van der Waals surface area contributed by atoms with Crippen LogP contribution in [-0.2, 0) is 0 Å². The van der Waals surface area contributed by atoms with Crippen LogP contribution in [0.4, 0.5) is 15.8 Å². The van der Waals surface area contributed by atoms with Gasteiger partial charge in [0.15, 0.2) is 0 Å². The summed E-state index contributed by atoms with van der Waals surface area (Å²) in [4.78, 5) is 25.9. The fourth-order valence-corrected chi connectivity index (χ4v) is 4.78. The molecule has 34 heavy (non-hydrogen) atoms. The summed E-state index contributed by atoms with van der Waals surface area (Å²) in [5, 5.41) is 6.45.